The molecule has 2 aromatic heterocycles. The van der Waals surface area contributed by atoms with E-state index in [1.165, 1.54) is 9.58 Å². The van der Waals surface area contributed by atoms with Gasteiger partial charge in [0.1, 0.15) is 17.0 Å². The Hall–Kier alpha value is -5.23. The Morgan fingerprint density at radius 1 is 0.981 bits per heavy atom. The van der Waals surface area contributed by atoms with Crippen LogP contribution in [0, 0.1) is 0 Å². The molecule has 0 saturated heterocycles. The van der Waals surface area contributed by atoms with Crippen molar-refractivity contribution >= 4 is 39.8 Å². The lowest BCUT2D eigenvalue weighted by Gasteiger charge is -2.24. The summed E-state index contributed by atoms with van der Waals surface area (Å²) in [5.41, 5.74) is 2.35. The highest BCUT2D eigenvalue weighted by Gasteiger charge is 2.28. The number of ether oxygens (including phenoxy) is 3. The number of rotatable bonds is 15. The van der Waals surface area contributed by atoms with Gasteiger partial charge in [-0.2, -0.15) is 13.9 Å². The molecule has 0 saturated carbocycles. The number of hydrogen-bond acceptors (Lipinski definition) is 7. The number of nitrogens with zero attached hydrogens (tertiary/aromatic N) is 4. The number of aryl methyl sites for hydroxylation is 3. The van der Waals surface area contributed by atoms with E-state index >= 15 is 0 Å². The summed E-state index contributed by atoms with van der Waals surface area (Å²) in [6.07, 6.45) is 0.501. The number of aromatic nitrogens is 3. The number of hydrogen-bond donors (Lipinski definition) is 1. The summed E-state index contributed by atoms with van der Waals surface area (Å²) in [5.74, 6) is 0.262. The minimum atomic E-state index is -1.93. The van der Waals surface area contributed by atoms with Crippen LogP contribution in [0.5, 0.6) is 5.75 Å². The highest BCUT2D eigenvalue weighted by molar-refractivity contribution is 6.05. The van der Waals surface area contributed by atoms with Crippen molar-refractivity contribution in [1.82, 2.24) is 19.2 Å². The first kappa shape index (κ1) is 39.0. The lowest BCUT2D eigenvalue weighted by atomic mass is 9.98. The third kappa shape index (κ3) is 9.05. The SMILES string of the molecule is CCOC(=O)c1c(CCCOc2cccc3ccccc23)c2cccc(-c3c(C=C(F)F)nn(C)c3CO)c2n1CCCCN(C)C(=O)OC(C)(C)C. The second-order valence-electron chi connectivity index (χ2n) is 13.9. The van der Waals surface area contributed by atoms with Gasteiger partial charge in [-0.1, -0.05) is 54.6 Å². The smallest absolute Gasteiger partial charge is 0.410 e. The lowest BCUT2D eigenvalue weighted by Crippen LogP contribution is -2.34. The van der Waals surface area contributed by atoms with Gasteiger partial charge >= 0.3 is 12.1 Å². The minimum Gasteiger partial charge on any atom is -0.493 e. The van der Waals surface area contributed by atoms with Crippen molar-refractivity contribution in [1.29, 1.82) is 0 Å². The molecule has 0 aliphatic rings. The first-order valence-electron chi connectivity index (χ1n) is 17.9. The van der Waals surface area contributed by atoms with Gasteiger partial charge in [-0.3, -0.25) is 4.68 Å². The van der Waals surface area contributed by atoms with Gasteiger partial charge in [0.25, 0.3) is 6.08 Å². The monoisotopic (exact) mass is 730 g/mol. The molecule has 5 aromatic rings. The van der Waals surface area contributed by atoms with Gasteiger partial charge in [-0.05, 0) is 70.4 Å². The van der Waals surface area contributed by atoms with Crippen molar-refractivity contribution in [3.63, 3.8) is 0 Å². The standard InChI is InChI=1S/C41H48F2N4O6/c1-7-51-39(49)38-30(20-14-24-52-34-21-12-16-27-15-8-9-17-28(27)34)29-18-13-19-31(36-32(25-35(42)43)44-46(6)33(36)26-48)37(29)47(38)23-11-10-22-45(5)40(50)53-41(2,3)4/h8-9,12-13,15-19,21,25,48H,7,10-11,14,20,22-24,26H2,1-6H3. The third-order valence-electron chi connectivity index (χ3n) is 8.92. The van der Waals surface area contributed by atoms with Gasteiger partial charge in [-0.15, -0.1) is 0 Å². The number of carbonyl (C=O) groups excluding carboxylic acids is 2. The minimum absolute atomic E-state index is 0.00138. The Morgan fingerprint density at radius 3 is 2.42 bits per heavy atom. The van der Waals surface area contributed by atoms with Crippen molar-refractivity contribution in [2.24, 2.45) is 7.05 Å². The van der Waals surface area contributed by atoms with Gasteiger partial charge in [-0.25, -0.2) is 9.59 Å². The van der Waals surface area contributed by atoms with Crippen molar-refractivity contribution < 1.29 is 37.7 Å². The molecule has 0 spiro atoms. The molecule has 0 aliphatic carbocycles. The average Bonchev–Trinajstić information content (AvgIpc) is 3.60. The molecule has 53 heavy (non-hydrogen) atoms. The molecule has 0 atom stereocenters. The number of para-hydroxylation sites is 1. The highest BCUT2D eigenvalue weighted by Crippen LogP contribution is 2.39. The van der Waals surface area contributed by atoms with Crippen molar-refractivity contribution in [3.8, 4) is 16.9 Å². The average molecular weight is 731 g/mol. The van der Waals surface area contributed by atoms with Crippen molar-refractivity contribution in [2.45, 2.75) is 72.1 Å². The predicted molar refractivity (Wildman–Crippen MR) is 202 cm³/mol. The molecule has 0 radical (unpaired) electrons. The normalized spacial score (nSPS) is 11.6. The summed E-state index contributed by atoms with van der Waals surface area (Å²) in [7, 11) is 3.27. The molecule has 5 rings (SSSR count). The highest BCUT2D eigenvalue weighted by atomic mass is 19.3. The molecule has 0 unspecified atom stereocenters. The maximum Gasteiger partial charge on any atom is 0.410 e. The van der Waals surface area contributed by atoms with Crippen LogP contribution in [-0.4, -0.2) is 68.8 Å². The van der Waals surface area contributed by atoms with Crippen LogP contribution in [0.15, 0.2) is 66.7 Å². The van der Waals surface area contributed by atoms with E-state index in [9.17, 15) is 23.5 Å². The number of aliphatic hydroxyl groups excluding tert-OH is 1. The Kier molecular flexibility index (Phi) is 12.6. The number of fused-ring (bicyclic) bond motifs is 2. The number of benzene rings is 3. The van der Waals surface area contributed by atoms with Crippen LogP contribution in [-0.2, 0) is 36.1 Å². The van der Waals surface area contributed by atoms with E-state index in [2.05, 4.69) is 5.10 Å². The Bertz CT molecular complexity index is 2100. The number of esters is 1. The molecule has 12 heteroatoms. The number of unbranched alkanes of at least 4 members (excludes halogenated alkanes) is 1. The zero-order valence-corrected chi connectivity index (χ0v) is 31.2. The predicted octanol–water partition coefficient (Wildman–Crippen LogP) is 8.76. The number of halogens is 2. The van der Waals surface area contributed by atoms with Crippen LogP contribution in [0.25, 0.3) is 38.9 Å². The molecular weight excluding hydrogens is 682 g/mol. The largest absolute Gasteiger partial charge is 0.493 e. The topological polar surface area (TPSA) is 108 Å². The molecule has 282 valence electrons. The first-order valence-corrected chi connectivity index (χ1v) is 17.9. The maximum absolute atomic E-state index is 13.9. The van der Waals surface area contributed by atoms with Gasteiger partial charge in [0.2, 0.25) is 0 Å². The summed E-state index contributed by atoms with van der Waals surface area (Å²) < 4.78 is 48.2. The summed E-state index contributed by atoms with van der Waals surface area (Å²) in [6.45, 7) is 8.03. The third-order valence-corrected chi connectivity index (χ3v) is 8.92. The summed E-state index contributed by atoms with van der Waals surface area (Å²) in [4.78, 5) is 28.0. The maximum atomic E-state index is 13.9. The molecule has 1 amide bonds. The zero-order valence-electron chi connectivity index (χ0n) is 31.2. The summed E-state index contributed by atoms with van der Waals surface area (Å²) in [5, 5.41) is 17.5. The number of carbonyl (C=O) groups is 2. The molecule has 1 N–H and O–H groups in total. The van der Waals surface area contributed by atoms with Gasteiger partial charge in [0, 0.05) is 55.2 Å². The summed E-state index contributed by atoms with van der Waals surface area (Å²) in [6, 6.07) is 19.4. The van der Waals surface area contributed by atoms with E-state index in [4.69, 9.17) is 14.2 Å². The van der Waals surface area contributed by atoms with Crippen LogP contribution in [0.4, 0.5) is 13.6 Å². The zero-order chi connectivity index (χ0) is 38.3. The first-order chi connectivity index (χ1) is 25.3. The van der Waals surface area contributed by atoms with E-state index in [0.29, 0.717) is 79.5 Å². The second kappa shape index (κ2) is 17.1. The molecule has 0 bridgehead atoms. The fraction of sp³-hybridized carbons (Fsp3) is 0.390. The molecule has 2 heterocycles. The molecule has 3 aromatic carbocycles. The Labute approximate surface area is 308 Å². The van der Waals surface area contributed by atoms with Crippen LogP contribution in [0.1, 0.15) is 74.4 Å². The van der Waals surface area contributed by atoms with E-state index < -0.39 is 30.4 Å². The lowest BCUT2D eigenvalue weighted by molar-refractivity contribution is 0.0295. The molecule has 0 aliphatic heterocycles. The van der Waals surface area contributed by atoms with Gasteiger partial charge in [0.05, 0.1) is 36.7 Å². The van der Waals surface area contributed by atoms with Gasteiger partial charge < -0.3 is 28.8 Å². The number of amides is 1. The molecular formula is C41H48F2N4O6. The summed E-state index contributed by atoms with van der Waals surface area (Å²) >= 11 is 0. The molecule has 10 nitrogen and oxygen atoms in total. The van der Waals surface area contributed by atoms with E-state index in [1.807, 2.05) is 79.9 Å². The van der Waals surface area contributed by atoms with Crippen molar-refractivity contribution in [2.75, 3.05) is 26.8 Å². The van der Waals surface area contributed by atoms with Crippen LogP contribution >= 0.6 is 0 Å². The Morgan fingerprint density at radius 2 is 1.70 bits per heavy atom. The van der Waals surface area contributed by atoms with Crippen molar-refractivity contribution in [3.05, 3.63) is 89.4 Å². The number of aliphatic hydroxyl groups is 1. The van der Waals surface area contributed by atoms with E-state index in [0.717, 1.165) is 27.5 Å². The molecule has 0 fully saturated rings. The van der Waals surface area contributed by atoms with Crippen LogP contribution in [0.2, 0.25) is 0 Å². The quantitative estimate of drug-likeness (QED) is 0.0848. The second-order valence-corrected chi connectivity index (χ2v) is 13.9. The van der Waals surface area contributed by atoms with Crippen LogP contribution in [0.3, 0.4) is 0 Å². The fourth-order valence-electron chi connectivity index (χ4n) is 6.65. The van der Waals surface area contributed by atoms with Crippen LogP contribution < -0.4 is 4.74 Å². The van der Waals surface area contributed by atoms with E-state index in [1.54, 1.807) is 27.1 Å². The Balaban J connectivity index is 1.56. The fourth-order valence-corrected chi connectivity index (χ4v) is 6.65. The van der Waals surface area contributed by atoms with E-state index in [-0.39, 0.29) is 12.3 Å². The van der Waals surface area contributed by atoms with Gasteiger partial charge in [0.15, 0.2) is 0 Å².